The number of aliphatic imine (C=N–C) groups is 1. The molecule has 0 fully saturated rings. The maximum absolute atomic E-state index is 13.7. The van der Waals surface area contributed by atoms with E-state index in [-0.39, 0.29) is 30.1 Å². The molecule has 11 heteroatoms. The van der Waals surface area contributed by atoms with Gasteiger partial charge in [0.15, 0.2) is 0 Å². The molecule has 0 aromatic carbocycles. The van der Waals surface area contributed by atoms with Crippen molar-refractivity contribution >= 4 is 23.5 Å². The topological polar surface area (TPSA) is 109 Å². The summed E-state index contributed by atoms with van der Waals surface area (Å²) in [4.78, 5) is 26.3. The van der Waals surface area contributed by atoms with Gasteiger partial charge in [-0.25, -0.2) is 4.98 Å². The van der Waals surface area contributed by atoms with Gasteiger partial charge in [-0.1, -0.05) is 60.3 Å². The minimum Gasteiger partial charge on any atom is -0.388 e. The number of unbranched alkanes of at least 4 members (excludes halogenated alkanes) is 2. The summed E-state index contributed by atoms with van der Waals surface area (Å²) in [6.45, 7) is 11.6. The summed E-state index contributed by atoms with van der Waals surface area (Å²) >= 11 is 0. The normalized spacial score (nSPS) is 13.3. The van der Waals surface area contributed by atoms with Gasteiger partial charge in [0.1, 0.15) is 17.2 Å². The Morgan fingerprint density at radius 3 is 2.38 bits per heavy atom. The van der Waals surface area contributed by atoms with E-state index in [2.05, 4.69) is 39.4 Å². The van der Waals surface area contributed by atoms with Gasteiger partial charge < -0.3 is 21.3 Å². The van der Waals surface area contributed by atoms with Crippen LogP contribution in [0.2, 0.25) is 0 Å². The molecule has 0 saturated heterocycles. The number of hydrogen-bond acceptors (Lipinski definition) is 6. The van der Waals surface area contributed by atoms with Crippen LogP contribution in [0.1, 0.15) is 111 Å². The molecule has 0 aliphatic heterocycles. The Kier molecular flexibility index (Phi) is 16.9. The average Bonchev–Trinajstić information content (AvgIpc) is 2.91. The third-order valence-electron chi connectivity index (χ3n) is 6.54. The van der Waals surface area contributed by atoms with Gasteiger partial charge in [-0.3, -0.25) is 4.79 Å². The van der Waals surface area contributed by atoms with Crippen LogP contribution in [0, 0.1) is 0 Å². The molecule has 0 saturated carbocycles. The molecular weight excluding hydrogens is 519 g/mol. The fourth-order valence-electron chi connectivity index (χ4n) is 4.23. The van der Waals surface area contributed by atoms with Crippen LogP contribution in [0.5, 0.6) is 0 Å². The standard InChI is InChI=1S/C29H50F3N7O/c1-6-11-15-23(14-8-3)35-20-22(10-5)26(33)37-28-36-21-24(29(30,31)32)27(38-28)34-17-13-19-39(18-9-4)25(40)16-12-7-2/h20-21,23,35H,6-19H2,1-5H3,(H3,33,34,36,37,38)/b22-20-. The lowest BCUT2D eigenvalue weighted by atomic mass is 10.1. The number of alkyl halides is 3. The number of nitrogens with zero attached hydrogens (tertiary/aromatic N) is 4. The van der Waals surface area contributed by atoms with E-state index < -0.39 is 11.7 Å². The van der Waals surface area contributed by atoms with Crippen molar-refractivity contribution in [2.75, 3.05) is 25.0 Å². The number of aromatic nitrogens is 2. The van der Waals surface area contributed by atoms with E-state index in [9.17, 15) is 18.0 Å². The molecule has 8 nitrogen and oxygen atoms in total. The second-order valence-electron chi connectivity index (χ2n) is 10.0. The number of carbonyl (C=O) groups is 1. The molecule has 1 aromatic heterocycles. The first-order valence-electron chi connectivity index (χ1n) is 14.9. The van der Waals surface area contributed by atoms with E-state index in [1.165, 1.54) is 0 Å². The highest BCUT2D eigenvalue weighted by molar-refractivity contribution is 5.98. The highest BCUT2D eigenvalue weighted by Crippen LogP contribution is 2.34. The van der Waals surface area contributed by atoms with Crippen molar-refractivity contribution < 1.29 is 18.0 Å². The lowest BCUT2D eigenvalue weighted by Gasteiger charge is -2.22. The molecule has 1 aromatic rings. The summed E-state index contributed by atoms with van der Waals surface area (Å²) in [6.07, 6.45) is 7.45. The number of rotatable bonds is 20. The molecule has 1 rings (SSSR count). The fourth-order valence-corrected chi connectivity index (χ4v) is 4.23. The zero-order chi connectivity index (χ0) is 30.0. The average molecular weight is 570 g/mol. The monoisotopic (exact) mass is 569 g/mol. The van der Waals surface area contributed by atoms with Gasteiger partial charge in [-0.2, -0.15) is 23.1 Å². The molecule has 40 heavy (non-hydrogen) atoms. The predicted octanol–water partition coefficient (Wildman–Crippen LogP) is 6.96. The lowest BCUT2D eigenvalue weighted by Crippen LogP contribution is -2.33. The molecule has 1 atom stereocenters. The van der Waals surface area contributed by atoms with Crippen molar-refractivity contribution in [3.05, 3.63) is 23.5 Å². The molecule has 0 spiro atoms. The van der Waals surface area contributed by atoms with Crippen LogP contribution in [0.15, 0.2) is 23.0 Å². The second-order valence-corrected chi connectivity index (χ2v) is 10.0. The third-order valence-corrected chi connectivity index (χ3v) is 6.54. The third kappa shape index (κ3) is 13.0. The molecule has 0 bridgehead atoms. The SMILES string of the molecule is CCCCC(=O)N(CCC)CCCNc1nc(/N=C(N)/C(=C\NC(CCC)CCCC)CC)ncc1C(F)(F)F. The number of nitrogens with one attached hydrogen (secondary N) is 2. The summed E-state index contributed by atoms with van der Waals surface area (Å²) in [5, 5.41) is 6.22. The summed E-state index contributed by atoms with van der Waals surface area (Å²) in [5.74, 6) is -0.261. The number of amides is 1. The van der Waals surface area contributed by atoms with Crippen LogP contribution >= 0.6 is 0 Å². The molecule has 1 heterocycles. The van der Waals surface area contributed by atoms with Crippen molar-refractivity contribution in [2.24, 2.45) is 10.7 Å². The van der Waals surface area contributed by atoms with Gasteiger partial charge in [0.05, 0.1) is 0 Å². The summed E-state index contributed by atoms with van der Waals surface area (Å²) < 4.78 is 41.0. The molecule has 1 amide bonds. The minimum absolute atomic E-state index is 0.0782. The zero-order valence-corrected chi connectivity index (χ0v) is 25.0. The molecule has 228 valence electrons. The Hall–Kier alpha value is -2.85. The fraction of sp³-hybridized carbons (Fsp3) is 0.724. The predicted molar refractivity (Wildman–Crippen MR) is 158 cm³/mol. The second kappa shape index (κ2) is 19.3. The highest BCUT2D eigenvalue weighted by Gasteiger charge is 2.35. The van der Waals surface area contributed by atoms with Crippen molar-refractivity contribution in [3.8, 4) is 0 Å². The Bertz CT molecular complexity index is 935. The number of nitrogens with two attached hydrogens (primary N) is 1. The minimum atomic E-state index is -4.63. The molecular formula is C29H50F3N7O. The van der Waals surface area contributed by atoms with E-state index in [1.807, 2.05) is 27.0 Å². The Morgan fingerprint density at radius 1 is 1.05 bits per heavy atom. The van der Waals surface area contributed by atoms with Gasteiger partial charge in [-0.15, -0.1) is 0 Å². The van der Waals surface area contributed by atoms with Crippen molar-refractivity contribution in [1.29, 1.82) is 0 Å². The first-order valence-corrected chi connectivity index (χ1v) is 14.9. The summed E-state index contributed by atoms with van der Waals surface area (Å²) in [6, 6.07) is 0.326. The van der Waals surface area contributed by atoms with Crippen molar-refractivity contribution in [3.63, 3.8) is 0 Å². The first-order chi connectivity index (χ1) is 19.1. The first kappa shape index (κ1) is 35.2. The molecule has 1 unspecified atom stereocenters. The maximum Gasteiger partial charge on any atom is 0.421 e. The quantitative estimate of drug-likeness (QED) is 0.0890. The van der Waals surface area contributed by atoms with Crippen LogP contribution in [-0.4, -0.2) is 52.3 Å². The van der Waals surface area contributed by atoms with Crippen LogP contribution < -0.4 is 16.4 Å². The maximum atomic E-state index is 13.7. The van der Waals surface area contributed by atoms with E-state index >= 15 is 0 Å². The number of carbonyl (C=O) groups excluding carboxylic acids is 1. The van der Waals surface area contributed by atoms with E-state index in [0.717, 1.165) is 63.1 Å². The Morgan fingerprint density at radius 2 is 1.77 bits per heavy atom. The van der Waals surface area contributed by atoms with Crippen LogP contribution in [0.25, 0.3) is 0 Å². The number of anilines is 1. The largest absolute Gasteiger partial charge is 0.421 e. The molecule has 4 N–H and O–H groups in total. The van der Waals surface area contributed by atoms with Gasteiger partial charge in [0, 0.05) is 50.1 Å². The molecule has 0 radical (unpaired) electrons. The van der Waals surface area contributed by atoms with E-state index in [4.69, 9.17) is 5.73 Å². The van der Waals surface area contributed by atoms with Crippen molar-refractivity contribution in [1.82, 2.24) is 20.2 Å². The number of halogens is 3. The van der Waals surface area contributed by atoms with Gasteiger partial charge >= 0.3 is 6.18 Å². The summed E-state index contributed by atoms with van der Waals surface area (Å²) in [5.41, 5.74) is 5.99. The van der Waals surface area contributed by atoms with Crippen LogP contribution in [-0.2, 0) is 11.0 Å². The highest BCUT2D eigenvalue weighted by atomic mass is 19.4. The lowest BCUT2D eigenvalue weighted by molar-refractivity contribution is -0.137. The van der Waals surface area contributed by atoms with Crippen LogP contribution in [0.3, 0.4) is 0 Å². The Balaban J connectivity index is 3.03. The Labute approximate surface area is 238 Å². The molecule has 0 aliphatic rings. The van der Waals surface area contributed by atoms with E-state index in [0.29, 0.717) is 38.4 Å². The molecule has 0 aliphatic carbocycles. The van der Waals surface area contributed by atoms with Gasteiger partial charge in [0.25, 0.3) is 5.95 Å². The van der Waals surface area contributed by atoms with Crippen molar-refractivity contribution in [2.45, 2.75) is 117 Å². The smallest absolute Gasteiger partial charge is 0.388 e. The van der Waals surface area contributed by atoms with Gasteiger partial charge in [-0.05, 0) is 38.5 Å². The zero-order valence-electron chi connectivity index (χ0n) is 25.0. The van der Waals surface area contributed by atoms with E-state index in [1.54, 1.807) is 4.90 Å². The number of amidine groups is 1. The van der Waals surface area contributed by atoms with Crippen LogP contribution in [0.4, 0.5) is 24.9 Å². The summed E-state index contributed by atoms with van der Waals surface area (Å²) in [7, 11) is 0. The number of hydrogen-bond donors (Lipinski definition) is 3. The van der Waals surface area contributed by atoms with Gasteiger partial charge in [0.2, 0.25) is 5.91 Å².